The molecule has 1 fully saturated rings. The maximum atomic E-state index is 4.90. The molecule has 1 aromatic heterocycles. The van der Waals surface area contributed by atoms with Gasteiger partial charge in [0.15, 0.2) is 0 Å². The maximum absolute atomic E-state index is 4.90. The zero-order valence-corrected chi connectivity index (χ0v) is 15.7. The first kappa shape index (κ1) is 19.7. The van der Waals surface area contributed by atoms with Gasteiger partial charge in [-0.3, -0.25) is 4.90 Å². The predicted molar refractivity (Wildman–Crippen MR) is 108 cm³/mol. The van der Waals surface area contributed by atoms with Crippen LogP contribution in [-0.4, -0.2) is 40.6 Å². The molecule has 0 unspecified atom stereocenters. The van der Waals surface area contributed by atoms with E-state index in [1.165, 1.54) is 11.1 Å². The van der Waals surface area contributed by atoms with Crippen molar-refractivity contribution in [3.8, 4) is 0 Å². The summed E-state index contributed by atoms with van der Waals surface area (Å²) < 4.78 is 2.37. The van der Waals surface area contributed by atoms with E-state index in [0.29, 0.717) is 0 Å². The average molecular weight is 379 g/mol. The number of imidazole rings is 1. The SMILES string of the molecule is Cl.Cl.c1ccc(Cn2c(CN3CCNCC3)nc3ccccc32)cc1. The number of halogens is 2. The zero-order valence-electron chi connectivity index (χ0n) is 14.1. The lowest BCUT2D eigenvalue weighted by molar-refractivity contribution is 0.226. The van der Waals surface area contributed by atoms with Crippen molar-refractivity contribution < 1.29 is 0 Å². The Morgan fingerprint density at radius 1 is 0.840 bits per heavy atom. The van der Waals surface area contributed by atoms with E-state index in [4.69, 9.17) is 4.98 Å². The maximum Gasteiger partial charge on any atom is 0.124 e. The monoisotopic (exact) mass is 378 g/mol. The molecule has 2 aromatic carbocycles. The van der Waals surface area contributed by atoms with Gasteiger partial charge in [0.25, 0.3) is 0 Å². The van der Waals surface area contributed by atoms with Crippen LogP contribution in [0, 0.1) is 0 Å². The lowest BCUT2D eigenvalue weighted by Gasteiger charge is -2.27. The molecule has 0 amide bonds. The Labute approximate surface area is 161 Å². The van der Waals surface area contributed by atoms with Crippen molar-refractivity contribution in [2.45, 2.75) is 13.1 Å². The molecule has 0 spiro atoms. The van der Waals surface area contributed by atoms with Crippen LogP contribution in [0.15, 0.2) is 54.6 Å². The number of nitrogens with zero attached hydrogens (tertiary/aromatic N) is 3. The van der Waals surface area contributed by atoms with Crippen molar-refractivity contribution in [3.63, 3.8) is 0 Å². The van der Waals surface area contributed by atoms with Crippen LogP contribution in [0.25, 0.3) is 11.0 Å². The number of hydrogen-bond acceptors (Lipinski definition) is 3. The van der Waals surface area contributed by atoms with Crippen LogP contribution >= 0.6 is 24.8 Å². The molecule has 0 radical (unpaired) electrons. The van der Waals surface area contributed by atoms with Gasteiger partial charge in [-0.1, -0.05) is 42.5 Å². The fraction of sp³-hybridized carbons (Fsp3) is 0.316. The van der Waals surface area contributed by atoms with Crippen molar-refractivity contribution in [3.05, 3.63) is 66.0 Å². The van der Waals surface area contributed by atoms with Crippen molar-refractivity contribution in [1.29, 1.82) is 0 Å². The highest BCUT2D eigenvalue weighted by atomic mass is 35.5. The molecule has 1 N–H and O–H groups in total. The molecule has 1 saturated heterocycles. The minimum absolute atomic E-state index is 0. The lowest BCUT2D eigenvalue weighted by atomic mass is 10.2. The van der Waals surface area contributed by atoms with Crippen molar-refractivity contribution >= 4 is 35.8 Å². The summed E-state index contributed by atoms with van der Waals surface area (Å²) in [5, 5.41) is 3.41. The summed E-state index contributed by atoms with van der Waals surface area (Å²) in [6, 6.07) is 19.1. The van der Waals surface area contributed by atoms with E-state index in [9.17, 15) is 0 Å². The summed E-state index contributed by atoms with van der Waals surface area (Å²) in [4.78, 5) is 7.39. The standard InChI is InChI=1S/C19H22N4.2ClH/c1-2-6-16(7-3-1)14-23-18-9-5-4-8-17(18)21-19(23)15-22-12-10-20-11-13-22;;/h1-9,20H,10-15H2;2*1H. The Bertz CT molecular complexity index is 782. The van der Waals surface area contributed by atoms with Crippen molar-refractivity contribution in [2.24, 2.45) is 0 Å². The van der Waals surface area contributed by atoms with E-state index < -0.39 is 0 Å². The van der Waals surface area contributed by atoms with E-state index in [1.807, 2.05) is 0 Å². The first-order valence-corrected chi connectivity index (χ1v) is 8.31. The third-order valence-electron chi connectivity index (χ3n) is 4.49. The minimum Gasteiger partial charge on any atom is -0.322 e. The Kier molecular flexibility index (Phi) is 7.26. The van der Waals surface area contributed by atoms with E-state index in [0.717, 1.165) is 50.6 Å². The molecular weight excluding hydrogens is 355 g/mol. The average Bonchev–Trinajstić information content (AvgIpc) is 2.94. The molecule has 25 heavy (non-hydrogen) atoms. The molecule has 1 aliphatic rings. The smallest absolute Gasteiger partial charge is 0.124 e. The van der Waals surface area contributed by atoms with E-state index >= 15 is 0 Å². The highest BCUT2D eigenvalue weighted by Crippen LogP contribution is 2.19. The summed E-state index contributed by atoms with van der Waals surface area (Å²) >= 11 is 0. The van der Waals surface area contributed by atoms with E-state index in [-0.39, 0.29) is 24.8 Å². The summed E-state index contributed by atoms with van der Waals surface area (Å²) in [5.41, 5.74) is 3.63. The largest absolute Gasteiger partial charge is 0.322 e. The number of para-hydroxylation sites is 2. The normalized spacial score (nSPS) is 14.7. The summed E-state index contributed by atoms with van der Waals surface area (Å²) in [6.45, 7) is 6.12. The Morgan fingerprint density at radius 3 is 2.28 bits per heavy atom. The molecule has 134 valence electrons. The summed E-state index contributed by atoms with van der Waals surface area (Å²) in [5.74, 6) is 1.16. The summed E-state index contributed by atoms with van der Waals surface area (Å²) in [7, 11) is 0. The number of aromatic nitrogens is 2. The highest BCUT2D eigenvalue weighted by Gasteiger charge is 2.16. The lowest BCUT2D eigenvalue weighted by Crippen LogP contribution is -2.43. The fourth-order valence-corrected chi connectivity index (χ4v) is 3.26. The molecule has 6 heteroatoms. The number of fused-ring (bicyclic) bond motifs is 1. The van der Waals surface area contributed by atoms with Gasteiger partial charge in [0.05, 0.1) is 17.6 Å². The Hall–Kier alpha value is -1.59. The van der Waals surface area contributed by atoms with Crippen molar-refractivity contribution in [2.75, 3.05) is 26.2 Å². The quantitative estimate of drug-likeness (QED) is 0.755. The van der Waals surface area contributed by atoms with Crippen molar-refractivity contribution in [1.82, 2.24) is 19.8 Å². The first-order valence-electron chi connectivity index (χ1n) is 8.31. The molecule has 0 aliphatic carbocycles. The zero-order chi connectivity index (χ0) is 15.5. The van der Waals surface area contributed by atoms with E-state index in [1.54, 1.807) is 0 Å². The van der Waals surface area contributed by atoms with E-state index in [2.05, 4.69) is 69.4 Å². The molecule has 3 aromatic rings. The molecule has 0 bridgehead atoms. The number of benzene rings is 2. The minimum atomic E-state index is 0. The van der Waals surface area contributed by atoms with Crippen LogP contribution in [0.3, 0.4) is 0 Å². The molecule has 4 rings (SSSR count). The van der Waals surface area contributed by atoms with Gasteiger partial charge >= 0.3 is 0 Å². The number of piperazine rings is 1. The van der Waals surface area contributed by atoms with Crippen LogP contribution in [0.2, 0.25) is 0 Å². The van der Waals surface area contributed by atoms with Gasteiger partial charge in [-0.15, -0.1) is 24.8 Å². The number of hydrogen-bond donors (Lipinski definition) is 1. The Morgan fingerprint density at radius 2 is 1.52 bits per heavy atom. The van der Waals surface area contributed by atoms with Gasteiger partial charge in [-0.25, -0.2) is 4.98 Å². The van der Waals surface area contributed by atoms with Gasteiger partial charge < -0.3 is 9.88 Å². The second-order valence-electron chi connectivity index (χ2n) is 6.11. The highest BCUT2D eigenvalue weighted by molar-refractivity contribution is 5.85. The molecule has 2 heterocycles. The van der Waals surface area contributed by atoms with Gasteiger partial charge in [-0.05, 0) is 17.7 Å². The fourth-order valence-electron chi connectivity index (χ4n) is 3.26. The summed E-state index contributed by atoms with van der Waals surface area (Å²) in [6.07, 6.45) is 0. The second-order valence-corrected chi connectivity index (χ2v) is 6.11. The first-order chi connectivity index (χ1) is 11.4. The Balaban J connectivity index is 0.00000113. The van der Waals surface area contributed by atoms with Gasteiger partial charge in [0.1, 0.15) is 5.82 Å². The molecular formula is C19H24Cl2N4. The molecule has 1 aliphatic heterocycles. The third kappa shape index (κ3) is 4.53. The second kappa shape index (κ2) is 9.20. The van der Waals surface area contributed by atoms with Crippen LogP contribution in [0.5, 0.6) is 0 Å². The molecule has 4 nitrogen and oxygen atoms in total. The van der Waals surface area contributed by atoms with Gasteiger partial charge in [0, 0.05) is 32.7 Å². The predicted octanol–water partition coefficient (Wildman–Crippen LogP) is 3.33. The third-order valence-corrected chi connectivity index (χ3v) is 4.49. The number of rotatable bonds is 4. The van der Waals surface area contributed by atoms with Crippen LogP contribution in [0.1, 0.15) is 11.4 Å². The van der Waals surface area contributed by atoms with Gasteiger partial charge in [-0.2, -0.15) is 0 Å². The molecule has 0 atom stereocenters. The van der Waals surface area contributed by atoms with Gasteiger partial charge in [0.2, 0.25) is 0 Å². The molecule has 0 saturated carbocycles. The van der Waals surface area contributed by atoms with Crippen LogP contribution in [-0.2, 0) is 13.1 Å². The topological polar surface area (TPSA) is 33.1 Å². The number of nitrogens with one attached hydrogen (secondary N) is 1. The van der Waals surface area contributed by atoms with Crippen LogP contribution < -0.4 is 5.32 Å². The van der Waals surface area contributed by atoms with Crippen LogP contribution in [0.4, 0.5) is 0 Å².